The molecule has 2 aromatic heterocycles. The van der Waals surface area contributed by atoms with Gasteiger partial charge in [-0.05, 0) is 6.07 Å². The molecule has 0 spiro atoms. The number of esters is 1. The lowest BCUT2D eigenvalue weighted by molar-refractivity contribution is 0.0607. The van der Waals surface area contributed by atoms with Crippen LogP contribution in [-0.2, 0) is 4.74 Å². The number of thiophene rings is 1. The van der Waals surface area contributed by atoms with Crippen LogP contribution in [0.4, 0.5) is 11.4 Å². The van der Waals surface area contributed by atoms with E-state index < -0.39 is 5.97 Å². The number of hydrogen-bond donors (Lipinski definition) is 1. The van der Waals surface area contributed by atoms with Crippen LogP contribution < -0.4 is 10.6 Å². The molecule has 2 rings (SSSR count). The number of ether oxygens (including phenoxy) is 1. The molecule has 17 heavy (non-hydrogen) atoms. The van der Waals surface area contributed by atoms with Crippen molar-refractivity contribution in [2.75, 3.05) is 31.8 Å². The van der Waals surface area contributed by atoms with Crippen LogP contribution in [-0.4, -0.2) is 32.2 Å². The molecule has 0 saturated heterocycles. The Labute approximate surface area is 103 Å². The highest BCUT2D eigenvalue weighted by atomic mass is 32.1. The minimum atomic E-state index is -0.421. The van der Waals surface area contributed by atoms with Gasteiger partial charge in [-0.3, -0.25) is 0 Å². The average molecular weight is 251 g/mol. The summed E-state index contributed by atoms with van der Waals surface area (Å²) in [6.07, 6.45) is 1.70. The van der Waals surface area contributed by atoms with Gasteiger partial charge in [0.25, 0.3) is 0 Å². The molecule has 0 radical (unpaired) electrons. The summed E-state index contributed by atoms with van der Waals surface area (Å²) in [6.45, 7) is 0. The molecular formula is C11H13N3O2S. The third-order valence-electron chi connectivity index (χ3n) is 2.46. The first-order valence-corrected chi connectivity index (χ1v) is 5.80. The molecule has 2 heterocycles. The Morgan fingerprint density at radius 3 is 2.82 bits per heavy atom. The van der Waals surface area contributed by atoms with E-state index in [2.05, 4.69) is 4.98 Å². The first-order chi connectivity index (χ1) is 8.06. The third kappa shape index (κ3) is 1.80. The fraction of sp³-hybridized carbons (Fsp3) is 0.273. The van der Waals surface area contributed by atoms with Gasteiger partial charge in [0.1, 0.15) is 9.71 Å². The SMILES string of the molecule is COC(=O)c1sc2nccc(N(C)C)c2c1N. The minimum absolute atomic E-state index is 0.407. The van der Waals surface area contributed by atoms with Crippen LogP contribution in [0.25, 0.3) is 10.2 Å². The highest BCUT2D eigenvalue weighted by Gasteiger charge is 2.20. The fourth-order valence-electron chi connectivity index (χ4n) is 1.65. The number of nitrogens with two attached hydrogens (primary N) is 1. The average Bonchev–Trinajstić information content (AvgIpc) is 2.66. The maximum Gasteiger partial charge on any atom is 0.350 e. The van der Waals surface area contributed by atoms with Gasteiger partial charge in [0.15, 0.2) is 0 Å². The zero-order chi connectivity index (χ0) is 12.6. The predicted octanol–water partition coefficient (Wildman–Crippen LogP) is 1.73. The summed E-state index contributed by atoms with van der Waals surface area (Å²) in [6, 6.07) is 1.87. The molecule has 0 aliphatic heterocycles. The molecular weight excluding hydrogens is 238 g/mol. The van der Waals surface area contributed by atoms with E-state index in [0.29, 0.717) is 10.6 Å². The highest BCUT2D eigenvalue weighted by Crippen LogP contribution is 2.38. The van der Waals surface area contributed by atoms with Gasteiger partial charge in [-0.25, -0.2) is 9.78 Å². The number of rotatable bonds is 2. The molecule has 0 aliphatic rings. The van der Waals surface area contributed by atoms with E-state index >= 15 is 0 Å². The molecule has 0 aromatic carbocycles. The Morgan fingerprint density at radius 2 is 2.24 bits per heavy atom. The molecule has 0 unspecified atom stereocenters. The first kappa shape index (κ1) is 11.7. The number of aromatic nitrogens is 1. The van der Waals surface area contributed by atoms with Crippen LogP contribution in [0.5, 0.6) is 0 Å². The molecule has 2 N–H and O–H groups in total. The maximum absolute atomic E-state index is 11.6. The number of pyridine rings is 1. The van der Waals surface area contributed by atoms with E-state index in [9.17, 15) is 4.79 Å². The van der Waals surface area contributed by atoms with Crippen molar-refractivity contribution in [1.82, 2.24) is 4.98 Å². The maximum atomic E-state index is 11.6. The molecule has 90 valence electrons. The molecule has 0 bridgehead atoms. The van der Waals surface area contributed by atoms with E-state index in [1.54, 1.807) is 6.20 Å². The van der Waals surface area contributed by atoms with Gasteiger partial charge in [0.05, 0.1) is 23.9 Å². The topological polar surface area (TPSA) is 68.5 Å². The summed E-state index contributed by atoms with van der Waals surface area (Å²) in [4.78, 5) is 18.9. The molecule has 6 heteroatoms. The van der Waals surface area contributed by atoms with Gasteiger partial charge in [0.2, 0.25) is 0 Å². The van der Waals surface area contributed by atoms with E-state index in [0.717, 1.165) is 15.9 Å². The largest absolute Gasteiger partial charge is 0.465 e. The molecule has 5 nitrogen and oxygen atoms in total. The second kappa shape index (κ2) is 4.21. The van der Waals surface area contributed by atoms with Crippen molar-refractivity contribution in [3.63, 3.8) is 0 Å². The van der Waals surface area contributed by atoms with Gasteiger partial charge in [-0.1, -0.05) is 0 Å². The van der Waals surface area contributed by atoms with E-state index in [1.165, 1.54) is 18.4 Å². The van der Waals surface area contributed by atoms with E-state index in [-0.39, 0.29) is 0 Å². The second-order valence-electron chi connectivity index (χ2n) is 3.74. The van der Waals surface area contributed by atoms with E-state index in [4.69, 9.17) is 10.5 Å². The molecule has 0 aliphatic carbocycles. The highest BCUT2D eigenvalue weighted by molar-refractivity contribution is 7.21. The van der Waals surface area contributed by atoms with Crippen LogP contribution >= 0.6 is 11.3 Å². The zero-order valence-electron chi connectivity index (χ0n) is 9.85. The molecule has 0 amide bonds. The normalized spacial score (nSPS) is 10.5. The van der Waals surface area contributed by atoms with Gasteiger partial charge in [-0.15, -0.1) is 11.3 Å². The summed E-state index contributed by atoms with van der Waals surface area (Å²) in [7, 11) is 5.18. The second-order valence-corrected chi connectivity index (χ2v) is 4.74. The van der Waals surface area contributed by atoms with Crippen molar-refractivity contribution in [2.45, 2.75) is 0 Å². The summed E-state index contributed by atoms with van der Waals surface area (Å²) < 4.78 is 4.70. The summed E-state index contributed by atoms with van der Waals surface area (Å²) in [5.74, 6) is -0.421. The Balaban J connectivity index is 2.74. The van der Waals surface area contributed by atoms with Crippen LogP contribution in [0.15, 0.2) is 12.3 Å². The zero-order valence-corrected chi connectivity index (χ0v) is 10.7. The van der Waals surface area contributed by atoms with Crippen molar-refractivity contribution in [3.8, 4) is 0 Å². The standard InChI is InChI=1S/C11H13N3O2S/c1-14(2)6-4-5-13-10-7(6)8(12)9(17-10)11(15)16-3/h4-5H,12H2,1-3H3. The van der Waals surface area contributed by atoms with Crippen molar-refractivity contribution < 1.29 is 9.53 Å². The summed E-state index contributed by atoms with van der Waals surface area (Å²) in [5.41, 5.74) is 7.38. The van der Waals surface area contributed by atoms with Crippen LogP contribution in [0, 0.1) is 0 Å². The molecule has 0 fully saturated rings. The smallest absolute Gasteiger partial charge is 0.350 e. The Bertz CT molecular complexity index is 577. The lowest BCUT2D eigenvalue weighted by Gasteiger charge is -2.13. The number of nitrogen functional groups attached to an aromatic ring is 1. The molecule has 0 atom stereocenters. The number of nitrogens with zero attached hydrogens (tertiary/aromatic N) is 2. The van der Waals surface area contributed by atoms with Crippen LogP contribution in [0.1, 0.15) is 9.67 Å². The Morgan fingerprint density at radius 1 is 1.53 bits per heavy atom. The van der Waals surface area contributed by atoms with Crippen molar-refractivity contribution in [1.29, 1.82) is 0 Å². The number of fused-ring (bicyclic) bond motifs is 1. The number of hydrogen-bond acceptors (Lipinski definition) is 6. The van der Waals surface area contributed by atoms with Crippen LogP contribution in [0.2, 0.25) is 0 Å². The Hall–Kier alpha value is -1.82. The van der Waals surface area contributed by atoms with Crippen molar-refractivity contribution >= 4 is 38.9 Å². The van der Waals surface area contributed by atoms with Crippen molar-refractivity contribution in [3.05, 3.63) is 17.1 Å². The number of carbonyl (C=O) groups excluding carboxylic acids is 1. The van der Waals surface area contributed by atoms with E-state index in [1.807, 2.05) is 25.1 Å². The van der Waals surface area contributed by atoms with Gasteiger partial charge < -0.3 is 15.4 Å². The predicted molar refractivity (Wildman–Crippen MR) is 69.7 cm³/mol. The minimum Gasteiger partial charge on any atom is -0.465 e. The van der Waals surface area contributed by atoms with Gasteiger partial charge >= 0.3 is 5.97 Å². The third-order valence-corrected chi connectivity index (χ3v) is 3.55. The monoisotopic (exact) mass is 251 g/mol. The fourth-order valence-corrected chi connectivity index (χ4v) is 2.65. The summed E-state index contributed by atoms with van der Waals surface area (Å²) >= 11 is 1.25. The lowest BCUT2D eigenvalue weighted by Crippen LogP contribution is -2.09. The Kier molecular flexibility index (Phi) is 2.89. The number of methoxy groups -OCH3 is 1. The molecule has 2 aromatic rings. The lowest BCUT2D eigenvalue weighted by atomic mass is 10.2. The van der Waals surface area contributed by atoms with Gasteiger partial charge in [-0.2, -0.15) is 0 Å². The number of carbonyl (C=O) groups is 1. The van der Waals surface area contributed by atoms with Crippen molar-refractivity contribution in [2.24, 2.45) is 0 Å². The van der Waals surface area contributed by atoms with Gasteiger partial charge in [0, 0.05) is 20.3 Å². The summed E-state index contributed by atoms with van der Waals surface area (Å²) in [5, 5.41) is 0.808. The first-order valence-electron chi connectivity index (χ1n) is 4.99. The molecule has 0 saturated carbocycles. The van der Waals surface area contributed by atoms with Crippen LogP contribution in [0.3, 0.4) is 0 Å². The number of anilines is 2. The quantitative estimate of drug-likeness (QED) is 0.823.